The van der Waals surface area contributed by atoms with Crippen molar-refractivity contribution >= 4 is 29.1 Å². The Labute approximate surface area is 166 Å². The van der Waals surface area contributed by atoms with Gasteiger partial charge in [-0.1, -0.05) is 6.07 Å². The molecule has 2 aliphatic rings. The molecule has 2 aromatic rings. The van der Waals surface area contributed by atoms with E-state index in [1.807, 2.05) is 23.6 Å². The van der Waals surface area contributed by atoms with Gasteiger partial charge in [-0.2, -0.15) is 5.26 Å². The van der Waals surface area contributed by atoms with Gasteiger partial charge >= 0.3 is 0 Å². The van der Waals surface area contributed by atoms with E-state index in [4.69, 9.17) is 5.26 Å². The molecule has 0 bridgehead atoms. The van der Waals surface area contributed by atoms with Crippen molar-refractivity contribution in [2.45, 2.75) is 18.5 Å². The highest BCUT2D eigenvalue weighted by Gasteiger charge is 2.44. The van der Waals surface area contributed by atoms with Gasteiger partial charge in [0.25, 0.3) is 5.91 Å². The van der Waals surface area contributed by atoms with Gasteiger partial charge in [-0.25, -0.2) is 0 Å². The third-order valence-corrected chi connectivity index (χ3v) is 6.01. The van der Waals surface area contributed by atoms with Crippen molar-refractivity contribution in [3.05, 3.63) is 57.8 Å². The van der Waals surface area contributed by atoms with Gasteiger partial charge in [0.2, 0.25) is 11.8 Å². The molecule has 28 heavy (non-hydrogen) atoms. The van der Waals surface area contributed by atoms with Gasteiger partial charge in [0.05, 0.1) is 18.2 Å². The monoisotopic (exact) mass is 394 g/mol. The van der Waals surface area contributed by atoms with Crippen molar-refractivity contribution in [3.63, 3.8) is 0 Å². The Kier molecular flexibility index (Phi) is 4.84. The molecule has 1 aromatic heterocycles. The van der Waals surface area contributed by atoms with Crippen LogP contribution in [0.3, 0.4) is 0 Å². The molecule has 2 saturated heterocycles. The third-order valence-electron chi connectivity index (χ3n) is 5.11. The van der Waals surface area contributed by atoms with Crippen LogP contribution in [0.2, 0.25) is 0 Å². The highest BCUT2D eigenvalue weighted by atomic mass is 32.1. The van der Waals surface area contributed by atoms with Gasteiger partial charge in [-0.15, -0.1) is 11.3 Å². The van der Waals surface area contributed by atoms with Crippen molar-refractivity contribution in [3.8, 4) is 6.07 Å². The quantitative estimate of drug-likeness (QED) is 0.841. The molecule has 1 aromatic carbocycles. The van der Waals surface area contributed by atoms with Crippen molar-refractivity contribution in [2.24, 2.45) is 0 Å². The Morgan fingerprint density at radius 3 is 2.68 bits per heavy atom. The molecule has 0 spiro atoms. The molecule has 1 N–H and O–H groups in total. The van der Waals surface area contributed by atoms with Gasteiger partial charge in [0.1, 0.15) is 12.1 Å². The average Bonchev–Trinajstić information content (AvgIpc) is 3.24. The lowest BCUT2D eigenvalue weighted by Gasteiger charge is -2.45. The van der Waals surface area contributed by atoms with Crippen LogP contribution in [0.15, 0.2) is 41.8 Å². The van der Waals surface area contributed by atoms with E-state index in [0.717, 1.165) is 4.88 Å². The highest BCUT2D eigenvalue weighted by Crippen LogP contribution is 2.21. The topological polar surface area (TPSA) is 93.5 Å². The first kappa shape index (κ1) is 18.2. The minimum Gasteiger partial charge on any atom is -0.342 e. The molecule has 0 saturated carbocycles. The first-order chi connectivity index (χ1) is 13.6. The Balaban J connectivity index is 1.45. The number of nitriles is 1. The summed E-state index contributed by atoms with van der Waals surface area (Å²) in [6.07, 6.45) is 0.485. The van der Waals surface area contributed by atoms with E-state index in [2.05, 4.69) is 5.32 Å². The normalized spacial score (nSPS) is 21.7. The Hall–Kier alpha value is -3.18. The lowest BCUT2D eigenvalue weighted by atomic mass is 10.0. The number of benzene rings is 1. The minimum absolute atomic E-state index is 0.0940. The summed E-state index contributed by atoms with van der Waals surface area (Å²) in [5.41, 5.74) is 0.945. The maximum absolute atomic E-state index is 12.8. The number of nitrogens with zero attached hydrogens (tertiary/aromatic N) is 3. The molecule has 0 aliphatic carbocycles. The summed E-state index contributed by atoms with van der Waals surface area (Å²) in [7, 11) is 0. The molecule has 7 nitrogen and oxygen atoms in total. The summed E-state index contributed by atoms with van der Waals surface area (Å²) in [6, 6.07) is 11.1. The second kappa shape index (κ2) is 7.44. The predicted octanol–water partition coefficient (Wildman–Crippen LogP) is 1.01. The zero-order valence-corrected chi connectivity index (χ0v) is 15.8. The van der Waals surface area contributed by atoms with Crippen LogP contribution in [0.1, 0.15) is 20.8 Å². The van der Waals surface area contributed by atoms with E-state index in [9.17, 15) is 14.4 Å². The fourth-order valence-corrected chi connectivity index (χ4v) is 4.38. The standard InChI is InChI=1S/C20H18N4O3S/c21-11-13-3-5-14(6-4-13)19(26)23-7-8-24-17(12-23)18(25)22-16(20(24)27)10-15-2-1-9-28-15/h1-6,9,16-17H,7-8,10,12H2,(H,22,25). The fourth-order valence-electron chi connectivity index (χ4n) is 3.62. The summed E-state index contributed by atoms with van der Waals surface area (Å²) in [5, 5.41) is 13.6. The largest absolute Gasteiger partial charge is 0.342 e. The first-order valence-corrected chi connectivity index (χ1v) is 9.87. The number of amides is 3. The molecule has 2 fully saturated rings. The summed E-state index contributed by atoms with van der Waals surface area (Å²) >= 11 is 1.56. The maximum atomic E-state index is 12.8. The molecule has 2 unspecified atom stereocenters. The number of carbonyl (C=O) groups excluding carboxylic acids is 3. The van der Waals surface area contributed by atoms with Gasteiger partial charge in [-0.3, -0.25) is 14.4 Å². The van der Waals surface area contributed by atoms with E-state index < -0.39 is 12.1 Å². The lowest BCUT2D eigenvalue weighted by Crippen LogP contribution is -2.70. The molecule has 142 valence electrons. The number of piperazine rings is 2. The summed E-state index contributed by atoms with van der Waals surface area (Å²) < 4.78 is 0. The van der Waals surface area contributed by atoms with Crippen molar-refractivity contribution in [2.75, 3.05) is 19.6 Å². The second-order valence-corrected chi connectivity index (χ2v) is 7.86. The number of carbonyl (C=O) groups is 3. The number of fused-ring (bicyclic) bond motifs is 1. The van der Waals surface area contributed by atoms with Crippen molar-refractivity contribution < 1.29 is 14.4 Å². The number of hydrogen-bond acceptors (Lipinski definition) is 5. The third kappa shape index (κ3) is 3.37. The van der Waals surface area contributed by atoms with E-state index in [1.54, 1.807) is 45.4 Å². The molecule has 2 atom stereocenters. The highest BCUT2D eigenvalue weighted by molar-refractivity contribution is 7.09. The lowest BCUT2D eigenvalue weighted by molar-refractivity contribution is -0.152. The number of hydrogen-bond donors (Lipinski definition) is 1. The van der Waals surface area contributed by atoms with E-state index in [1.165, 1.54) is 0 Å². The molecular weight excluding hydrogens is 376 g/mol. The zero-order chi connectivity index (χ0) is 19.7. The van der Waals surface area contributed by atoms with Crippen LogP contribution in [-0.4, -0.2) is 59.2 Å². The van der Waals surface area contributed by atoms with Crippen molar-refractivity contribution in [1.29, 1.82) is 5.26 Å². The van der Waals surface area contributed by atoms with Gasteiger partial charge in [0, 0.05) is 30.0 Å². The van der Waals surface area contributed by atoms with Crippen LogP contribution in [0, 0.1) is 11.3 Å². The Bertz CT molecular complexity index is 949. The van der Waals surface area contributed by atoms with Crippen LogP contribution >= 0.6 is 11.3 Å². The fraction of sp³-hybridized carbons (Fsp3) is 0.300. The molecule has 2 aliphatic heterocycles. The Morgan fingerprint density at radius 2 is 2.00 bits per heavy atom. The van der Waals surface area contributed by atoms with Crippen LogP contribution in [-0.2, 0) is 16.0 Å². The summed E-state index contributed by atoms with van der Waals surface area (Å²) in [5.74, 6) is -0.521. The SMILES string of the molecule is N#Cc1ccc(C(=O)N2CCN3C(=O)C(Cc4cccs4)NC(=O)C3C2)cc1. The molecule has 3 heterocycles. The van der Waals surface area contributed by atoms with Crippen LogP contribution in [0.4, 0.5) is 0 Å². The molecule has 3 amide bonds. The summed E-state index contributed by atoms with van der Waals surface area (Å²) in [6.45, 7) is 0.877. The smallest absolute Gasteiger partial charge is 0.253 e. The van der Waals surface area contributed by atoms with Crippen molar-refractivity contribution in [1.82, 2.24) is 15.1 Å². The molecule has 0 radical (unpaired) electrons. The molecule has 8 heteroatoms. The molecule has 4 rings (SSSR count). The maximum Gasteiger partial charge on any atom is 0.253 e. The Morgan fingerprint density at radius 1 is 1.21 bits per heavy atom. The second-order valence-electron chi connectivity index (χ2n) is 6.83. The van der Waals surface area contributed by atoms with E-state index in [-0.39, 0.29) is 24.3 Å². The van der Waals surface area contributed by atoms with Gasteiger partial charge < -0.3 is 15.1 Å². The number of thiophene rings is 1. The summed E-state index contributed by atoms with van der Waals surface area (Å²) in [4.78, 5) is 42.4. The number of nitrogens with one attached hydrogen (secondary N) is 1. The van der Waals surface area contributed by atoms with Gasteiger partial charge in [0.15, 0.2) is 0 Å². The van der Waals surface area contributed by atoms with Crippen LogP contribution in [0.5, 0.6) is 0 Å². The van der Waals surface area contributed by atoms with Gasteiger partial charge in [-0.05, 0) is 35.7 Å². The van der Waals surface area contributed by atoms with Crippen LogP contribution < -0.4 is 5.32 Å². The van der Waals surface area contributed by atoms with Crippen LogP contribution in [0.25, 0.3) is 0 Å². The number of rotatable bonds is 3. The minimum atomic E-state index is -0.664. The average molecular weight is 394 g/mol. The predicted molar refractivity (Wildman–Crippen MR) is 103 cm³/mol. The zero-order valence-electron chi connectivity index (χ0n) is 15.0. The first-order valence-electron chi connectivity index (χ1n) is 8.99. The van der Waals surface area contributed by atoms with E-state index >= 15 is 0 Å². The molecular formula is C20H18N4O3S. The van der Waals surface area contributed by atoms with E-state index in [0.29, 0.717) is 30.6 Å².